The van der Waals surface area contributed by atoms with E-state index in [1.165, 1.54) is 12.1 Å². The van der Waals surface area contributed by atoms with Crippen molar-refractivity contribution in [2.75, 3.05) is 12.3 Å². The number of hydrogen-bond acceptors (Lipinski definition) is 2. The molecule has 2 aromatic carbocycles. The van der Waals surface area contributed by atoms with Crippen LogP contribution in [0.2, 0.25) is 5.02 Å². The quantitative estimate of drug-likeness (QED) is 0.581. The third-order valence-corrected chi connectivity index (χ3v) is 4.42. The van der Waals surface area contributed by atoms with Gasteiger partial charge in [-0.3, -0.25) is 4.79 Å². The summed E-state index contributed by atoms with van der Waals surface area (Å²) < 4.78 is 37.4. The number of hydrogen-bond donors (Lipinski definition) is 1. The number of benzene rings is 2. The lowest BCUT2D eigenvalue weighted by molar-refractivity contribution is -0.137. The number of carbonyl (C=O) groups is 1. The van der Waals surface area contributed by atoms with Gasteiger partial charge in [0.15, 0.2) is 0 Å². The van der Waals surface area contributed by atoms with Crippen molar-refractivity contribution >= 4 is 29.3 Å². The van der Waals surface area contributed by atoms with Gasteiger partial charge < -0.3 is 5.32 Å². The van der Waals surface area contributed by atoms with E-state index in [2.05, 4.69) is 5.32 Å². The molecule has 0 atom stereocenters. The highest BCUT2D eigenvalue weighted by Gasteiger charge is 2.29. The highest BCUT2D eigenvalue weighted by molar-refractivity contribution is 7.99. The van der Waals surface area contributed by atoms with E-state index < -0.39 is 11.7 Å². The second-order valence-electron chi connectivity index (χ2n) is 5.02. The average molecular weight is 374 g/mol. The van der Waals surface area contributed by atoms with Crippen LogP contribution in [0.4, 0.5) is 13.2 Å². The monoisotopic (exact) mass is 373 g/mol. The summed E-state index contributed by atoms with van der Waals surface area (Å²) >= 11 is 7.38. The zero-order valence-electron chi connectivity index (χ0n) is 12.6. The second kappa shape index (κ2) is 8.44. The van der Waals surface area contributed by atoms with Gasteiger partial charge >= 0.3 is 6.18 Å². The molecule has 1 amide bonds. The molecule has 2 rings (SSSR count). The molecule has 24 heavy (non-hydrogen) atoms. The second-order valence-corrected chi connectivity index (χ2v) is 6.63. The minimum absolute atomic E-state index is 0.0593. The Balaban J connectivity index is 1.72. The van der Waals surface area contributed by atoms with Crippen molar-refractivity contribution in [3.8, 4) is 0 Å². The fourth-order valence-electron chi connectivity index (χ4n) is 1.95. The molecule has 0 saturated carbocycles. The molecule has 128 valence electrons. The molecule has 0 radical (unpaired) electrons. The molecule has 0 aliphatic carbocycles. The van der Waals surface area contributed by atoms with Gasteiger partial charge in [0.1, 0.15) is 0 Å². The molecule has 0 spiro atoms. The summed E-state index contributed by atoms with van der Waals surface area (Å²) in [5.41, 5.74) is -0.170. The van der Waals surface area contributed by atoms with Crippen molar-refractivity contribution in [2.45, 2.75) is 17.5 Å². The van der Waals surface area contributed by atoms with Crippen molar-refractivity contribution in [1.29, 1.82) is 0 Å². The van der Waals surface area contributed by atoms with E-state index in [1.807, 2.05) is 12.1 Å². The molecule has 0 aliphatic heterocycles. The smallest absolute Gasteiger partial charge is 0.355 e. The first-order valence-corrected chi connectivity index (χ1v) is 8.52. The van der Waals surface area contributed by atoms with Gasteiger partial charge in [-0.05, 0) is 42.0 Å². The zero-order chi connectivity index (χ0) is 17.6. The molecule has 0 heterocycles. The zero-order valence-corrected chi connectivity index (χ0v) is 14.1. The Hall–Kier alpha value is -1.66. The van der Waals surface area contributed by atoms with E-state index in [9.17, 15) is 18.0 Å². The molecule has 0 bridgehead atoms. The molecule has 1 N–H and O–H groups in total. The van der Waals surface area contributed by atoms with Crippen LogP contribution in [0.15, 0.2) is 53.4 Å². The van der Waals surface area contributed by atoms with Crippen molar-refractivity contribution in [3.63, 3.8) is 0 Å². The minimum atomic E-state index is -4.36. The maximum atomic E-state index is 12.5. The first kappa shape index (κ1) is 18.7. The number of thioether (sulfide) groups is 1. The lowest BCUT2D eigenvalue weighted by Crippen LogP contribution is -2.27. The van der Waals surface area contributed by atoms with Gasteiger partial charge in [-0.25, -0.2) is 0 Å². The normalized spacial score (nSPS) is 11.3. The molecule has 0 aromatic heterocycles. The summed E-state index contributed by atoms with van der Waals surface area (Å²) in [4.78, 5) is 12.8. The maximum absolute atomic E-state index is 12.5. The number of nitrogens with one attached hydrogen (secondary N) is 1. The summed E-state index contributed by atoms with van der Waals surface area (Å²) in [6.07, 6.45) is -4.30. The Kier molecular flexibility index (Phi) is 6.57. The van der Waals surface area contributed by atoms with E-state index in [0.29, 0.717) is 22.9 Å². The van der Waals surface area contributed by atoms with E-state index in [4.69, 9.17) is 11.6 Å². The Morgan fingerprint density at radius 3 is 2.25 bits per heavy atom. The summed E-state index contributed by atoms with van der Waals surface area (Å²) in [6, 6.07) is 12.0. The Morgan fingerprint density at radius 1 is 1.04 bits per heavy atom. The number of alkyl halides is 3. The van der Waals surface area contributed by atoms with Crippen molar-refractivity contribution < 1.29 is 18.0 Å². The first-order valence-electron chi connectivity index (χ1n) is 7.16. The van der Waals surface area contributed by atoms with E-state index in [1.54, 1.807) is 23.9 Å². The van der Waals surface area contributed by atoms with Crippen LogP contribution in [-0.4, -0.2) is 18.2 Å². The average Bonchev–Trinajstić information content (AvgIpc) is 2.53. The fraction of sp³-hybridized carbons (Fsp3) is 0.235. The highest BCUT2D eigenvalue weighted by atomic mass is 35.5. The third-order valence-electron chi connectivity index (χ3n) is 3.15. The van der Waals surface area contributed by atoms with Crippen LogP contribution < -0.4 is 5.32 Å². The van der Waals surface area contributed by atoms with Crippen molar-refractivity contribution in [3.05, 3.63) is 64.7 Å². The highest BCUT2D eigenvalue weighted by Crippen LogP contribution is 2.29. The SMILES string of the molecule is O=C(Cc1ccc(C(F)(F)F)cc1)NCCSc1ccc(Cl)cc1. The molecule has 2 aromatic rings. The van der Waals surface area contributed by atoms with Gasteiger partial charge in [-0.15, -0.1) is 11.8 Å². The van der Waals surface area contributed by atoms with Gasteiger partial charge in [0.2, 0.25) is 5.91 Å². The van der Waals surface area contributed by atoms with Gasteiger partial charge in [-0.1, -0.05) is 23.7 Å². The van der Waals surface area contributed by atoms with E-state index in [-0.39, 0.29) is 12.3 Å². The summed E-state index contributed by atoms with van der Waals surface area (Å²) in [5.74, 6) is 0.479. The van der Waals surface area contributed by atoms with Gasteiger partial charge in [0.25, 0.3) is 0 Å². The van der Waals surface area contributed by atoms with Crippen LogP contribution in [0.5, 0.6) is 0 Å². The van der Waals surface area contributed by atoms with Gasteiger partial charge in [0, 0.05) is 22.2 Å². The molecule has 0 saturated heterocycles. The maximum Gasteiger partial charge on any atom is 0.416 e. The minimum Gasteiger partial charge on any atom is -0.355 e. The molecule has 7 heteroatoms. The fourth-order valence-corrected chi connectivity index (χ4v) is 2.84. The van der Waals surface area contributed by atoms with Crippen LogP contribution in [0.25, 0.3) is 0 Å². The topological polar surface area (TPSA) is 29.1 Å². The Labute approximate surface area is 147 Å². The summed E-state index contributed by atoms with van der Waals surface area (Å²) in [7, 11) is 0. The van der Waals surface area contributed by atoms with Crippen LogP contribution in [-0.2, 0) is 17.4 Å². The van der Waals surface area contributed by atoms with E-state index in [0.717, 1.165) is 17.0 Å². The molecular formula is C17H15ClF3NOS. The molecule has 2 nitrogen and oxygen atoms in total. The van der Waals surface area contributed by atoms with Crippen LogP contribution in [0.3, 0.4) is 0 Å². The molecule has 0 fully saturated rings. The van der Waals surface area contributed by atoms with Crippen molar-refractivity contribution in [2.24, 2.45) is 0 Å². The first-order chi connectivity index (χ1) is 11.3. The van der Waals surface area contributed by atoms with Crippen LogP contribution in [0, 0.1) is 0 Å². The number of amides is 1. The van der Waals surface area contributed by atoms with Crippen LogP contribution >= 0.6 is 23.4 Å². The molecular weight excluding hydrogens is 359 g/mol. The molecule has 0 aliphatic rings. The Bertz CT molecular complexity index is 672. The number of carbonyl (C=O) groups excluding carboxylic acids is 1. The lowest BCUT2D eigenvalue weighted by atomic mass is 10.1. The number of halogens is 4. The molecule has 0 unspecified atom stereocenters. The largest absolute Gasteiger partial charge is 0.416 e. The van der Waals surface area contributed by atoms with Gasteiger partial charge in [0.05, 0.1) is 12.0 Å². The Morgan fingerprint density at radius 2 is 1.67 bits per heavy atom. The van der Waals surface area contributed by atoms with Crippen LogP contribution in [0.1, 0.15) is 11.1 Å². The third kappa shape index (κ3) is 6.09. The van der Waals surface area contributed by atoms with E-state index >= 15 is 0 Å². The predicted octanol–water partition coefficient (Wildman–Crippen LogP) is 4.81. The predicted molar refractivity (Wildman–Crippen MR) is 90.3 cm³/mol. The van der Waals surface area contributed by atoms with Gasteiger partial charge in [-0.2, -0.15) is 13.2 Å². The number of rotatable bonds is 6. The summed E-state index contributed by atoms with van der Waals surface area (Å²) in [5, 5.41) is 3.42. The summed E-state index contributed by atoms with van der Waals surface area (Å²) in [6.45, 7) is 0.479. The lowest BCUT2D eigenvalue weighted by Gasteiger charge is -2.08. The van der Waals surface area contributed by atoms with Crippen molar-refractivity contribution in [1.82, 2.24) is 5.32 Å². The standard InChI is InChI=1S/C17H15ClF3NOS/c18-14-5-7-15(8-6-14)24-10-9-22-16(23)11-12-1-3-13(4-2-12)17(19,20)21/h1-8H,9-11H2,(H,22,23).